The van der Waals surface area contributed by atoms with Gasteiger partial charge in [0, 0.05) is 0 Å². The molecular formula is C14H22. The topological polar surface area (TPSA) is 0 Å². The largest absolute Gasteiger partial charge is 0.0667 e. The average Bonchev–Trinajstić information content (AvgIpc) is 2.51. The van der Waals surface area contributed by atoms with Crippen molar-refractivity contribution in [3.63, 3.8) is 0 Å². The van der Waals surface area contributed by atoms with E-state index in [0.29, 0.717) is 0 Å². The summed E-state index contributed by atoms with van der Waals surface area (Å²) in [5.74, 6) is 3.23. The molecule has 0 nitrogen and oxygen atoms in total. The predicted molar refractivity (Wildman–Crippen MR) is 62.1 cm³/mol. The molecule has 0 heteroatoms. The Kier molecular flexibility index (Phi) is 2.13. The highest BCUT2D eigenvalue weighted by molar-refractivity contribution is 5.49. The molecular weight excluding hydrogens is 168 g/mol. The minimum absolute atomic E-state index is 0.778. The maximum atomic E-state index is 2.42. The smallest absolute Gasteiger partial charge is 0.00654 e. The van der Waals surface area contributed by atoms with Crippen LogP contribution in [0.15, 0.2) is 22.3 Å². The Bertz CT molecular complexity index is 330. The molecule has 0 N–H and O–H groups in total. The second kappa shape index (κ2) is 2.98. The zero-order valence-corrected chi connectivity index (χ0v) is 10.3. The highest BCUT2D eigenvalue weighted by atomic mass is 14.5. The van der Waals surface area contributed by atoms with Gasteiger partial charge in [-0.05, 0) is 55.6 Å². The third kappa shape index (κ3) is 1.00. The molecule has 2 aliphatic rings. The van der Waals surface area contributed by atoms with Crippen LogP contribution in [0.2, 0.25) is 0 Å². The Morgan fingerprint density at radius 3 is 1.86 bits per heavy atom. The third-order valence-corrected chi connectivity index (χ3v) is 5.01. The van der Waals surface area contributed by atoms with E-state index >= 15 is 0 Å². The van der Waals surface area contributed by atoms with E-state index in [1.165, 1.54) is 0 Å². The molecule has 0 aromatic carbocycles. The van der Waals surface area contributed by atoms with Gasteiger partial charge in [0.25, 0.3) is 0 Å². The summed E-state index contributed by atoms with van der Waals surface area (Å²) < 4.78 is 0. The van der Waals surface area contributed by atoms with Gasteiger partial charge < -0.3 is 0 Å². The molecule has 0 amide bonds. The van der Waals surface area contributed by atoms with E-state index in [4.69, 9.17) is 0 Å². The number of rotatable bonds is 0. The second-order valence-electron chi connectivity index (χ2n) is 5.37. The van der Waals surface area contributed by atoms with Gasteiger partial charge in [0.2, 0.25) is 0 Å². The van der Waals surface area contributed by atoms with Gasteiger partial charge >= 0.3 is 0 Å². The molecule has 0 spiro atoms. The Balaban J connectivity index is 2.53. The van der Waals surface area contributed by atoms with Crippen LogP contribution in [0.5, 0.6) is 0 Å². The number of hydrogen-bond donors (Lipinski definition) is 0. The molecule has 2 rings (SSSR count). The van der Waals surface area contributed by atoms with Crippen LogP contribution in [0.4, 0.5) is 0 Å². The summed E-state index contributed by atoms with van der Waals surface area (Å²) in [5.41, 5.74) is 6.58. The van der Waals surface area contributed by atoms with Crippen molar-refractivity contribution in [3.05, 3.63) is 22.3 Å². The molecule has 2 aliphatic carbocycles. The lowest BCUT2D eigenvalue weighted by atomic mass is 9.81. The maximum absolute atomic E-state index is 2.42. The quantitative estimate of drug-likeness (QED) is 0.537. The van der Waals surface area contributed by atoms with E-state index in [-0.39, 0.29) is 0 Å². The van der Waals surface area contributed by atoms with Crippen LogP contribution in [-0.4, -0.2) is 0 Å². The summed E-state index contributed by atoms with van der Waals surface area (Å²) in [7, 11) is 0. The van der Waals surface area contributed by atoms with Crippen LogP contribution in [0, 0.1) is 23.7 Å². The summed E-state index contributed by atoms with van der Waals surface area (Å²) >= 11 is 0. The summed E-state index contributed by atoms with van der Waals surface area (Å²) in [6.07, 6.45) is 0. The first-order valence-electron chi connectivity index (χ1n) is 5.85. The lowest BCUT2D eigenvalue weighted by molar-refractivity contribution is 0.320. The van der Waals surface area contributed by atoms with Gasteiger partial charge in [-0.25, -0.2) is 0 Å². The Labute approximate surface area is 88.1 Å². The first-order chi connectivity index (χ1) is 6.46. The monoisotopic (exact) mass is 190 g/mol. The van der Waals surface area contributed by atoms with Crippen molar-refractivity contribution in [1.82, 2.24) is 0 Å². The number of allylic oxidation sites excluding steroid dienone is 4. The minimum atomic E-state index is 0.778. The van der Waals surface area contributed by atoms with Crippen molar-refractivity contribution in [3.8, 4) is 0 Å². The standard InChI is InChI=1S/C14H22/c1-7-9(3)13-11(5)8(2)12(6)14(13)10(7)4/h7,9,11,13H,1-6H3. The van der Waals surface area contributed by atoms with E-state index in [2.05, 4.69) is 41.5 Å². The fourth-order valence-corrected chi connectivity index (χ4v) is 3.55. The zero-order chi connectivity index (χ0) is 10.6. The van der Waals surface area contributed by atoms with Crippen LogP contribution in [0.25, 0.3) is 0 Å². The number of fused-ring (bicyclic) bond motifs is 1. The summed E-state index contributed by atoms with van der Waals surface area (Å²) in [5, 5.41) is 0. The van der Waals surface area contributed by atoms with Crippen molar-refractivity contribution in [2.45, 2.75) is 41.5 Å². The molecule has 0 aromatic heterocycles. The lowest BCUT2D eigenvalue weighted by Crippen LogP contribution is -2.17. The van der Waals surface area contributed by atoms with Gasteiger partial charge in [0.15, 0.2) is 0 Å². The molecule has 0 radical (unpaired) electrons. The second-order valence-corrected chi connectivity index (χ2v) is 5.37. The normalized spacial score (nSPS) is 42.4. The molecule has 0 saturated carbocycles. The van der Waals surface area contributed by atoms with Crippen LogP contribution >= 0.6 is 0 Å². The summed E-state index contributed by atoms with van der Waals surface area (Å²) in [4.78, 5) is 0. The van der Waals surface area contributed by atoms with Crippen molar-refractivity contribution in [1.29, 1.82) is 0 Å². The van der Waals surface area contributed by atoms with Gasteiger partial charge in [0.1, 0.15) is 0 Å². The Morgan fingerprint density at radius 2 is 1.36 bits per heavy atom. The molecule has 4 atom stereocenters. The van der Waals surface area contributed by atoms with Crippen LogP contribution < -0.4 is 0 Å². The van der Waals surface area contributed by atoms with Crippen LogP contribution in [-0.2, 0) is 0 Å². The summed E-state index contributed by atoms with van der Waals surface area (Å²) in [6, 6.07) is 0. The van der Waals surface area contributed by atoms with Crippen LogP contribution in [0.3, 0.4) is 0 Å². The van der Waals surface area contributed by atoms with E-state index < -0.39 is 0 Å². The van der Waals surface area contributed by atoms with Crippen molar-refractivity contribution in [2.24, 2.45) is 23.7 Å². The van der Waals surface area contributed by atoms with Gasteiger partial charge in [-0.3, -0.25) is 0 Å². The summed E-state index contributed by atoms with van der Waals surface area (Å²) in [6.45, 7) is 14.2. The molecule has 0 aromatic rings. The molecule has 0 saturated heterocycles. The van der Waals surface area contributed by atoms with E-state index in [1.54, 1.807) is 22.3 Å². The van der Waals surface area contributed by atoms with E-state index in [0.717, 1.165) is 23.7 Å². The maximum Gasteiger partial charge on any atom is -0.00654 e. The molecule has 0 aliphatic heterocycles. The first-order valence-corrected chi connectivity index (χ1v) is 5.85. The Hall–Kier alpha value is -0.520. The zero-order valence-electron chi connectivity index (χ0n) is 10.3. The van der Waals surface area contributed by atoms with Gasteiger partial charge in [-0.15, -0.1) is 0 Å². The minimum Gasteiger partial charge on any atom is -0.0667 e. The van der Waals surface area contributed by atoms with E-state index in [9.17, 15) is 0 Å². The fourth-order valence-electron chi connectivity index (χ4n) is 3.55. The van der Waals surface area contributed by atoms with Crippen molar-refractivity contribution < 1.29 is 0 Å². The van der Waals surface area contributed by atoms with Crippen molar-refractivity contribution in [2.75, 3.05) is 0 Å². The SMILES string of the molecule is CC1=C(C)C(C)C2C1=C(C)C(C)C2C. The van der Waals surface area contributed by atoms with Gasteiger partial charge in [0.05, 0.1) is 0 Å². The fraction of sp³-hybridized carbons (Fsp3) is 0.714. The number of hydrogen-bond acceptors (Lipinski definition) is 0. The molecule has 78 valence electrons. The average molecular weight is 190 g/mol. The van der Waals surface area contributed by atoms with Crippen LogP contribution in [0.1, 0.15) is 41.5 Å². The third-order valence-electron chi connectivity index (χ3n) is 5.01. The van der Waals surface area contributed by atoms with E-state index in [1.807, 2.05) is 0 Å². The lowest BCUT2D eigenvalue weighted by Gasteiger charge is -2.23. The highest BCUT2D eigenvalue weighted by Crippen LogP contribution is 2.54. The molecule has 14 heavy (non-hydrogen) atoms. The van der Waals surface area contributed by atoms with Gasteiger partial charge in [-0.2, -0.15) is 0 Å². The Morgan fingerprint density at radius 1 is 0.786 bits per heavy atom. The molecule has 0 fully saturated rings. The van der Waals surface area contributed by atoms with Gasteiger partial charge in [-0.1, -0.05) is 31.9 Å². The highest BCUT2D eigenvalue weighted by Gasteiger charge is 2.43. The molecule has 0 heterocycles. The first kappa shape index (κ1) is 10.0. The predicted octanol–water partition coefficient (Wildman–Crippen LogP) is 4.19. The molecule has 4 unspecified atom stereocenters. The van der Waals surface area contributed by atoms with Crippen molar-refractivity contribution >= 4 is 0 Å². The molecule has 0 bridgehead atoms.